The topological polar surface area (TPSA) is 55.1 Å². The first-order valence-electron chi connectivity index (χ1n) is 6.96. The van der Waals surface area contributed by atoms with Crippen LogP contribution in [0.15, 0.2) is 54.9 Å². The number of carbonyl (C=O) groups is 1. The summed E-state index contributed by atoms with van der Waals surface area (Å²) in [5.41, 5.74) is 3.32. The normalized spacial score (nSPS) is 10.9. The Morgan fingerprint density at radius 3 is 2.71 bits per heavy atom. The molecule has 0 atom stereocenters. The molecule has 0 fully saturated rings. The number of carboxylic acid groups (broad SMARTS) is 1. The fourth-order valence-electron chi connectivity index (χ4n) is 2.47. The van der Waals surface area contributed by atoms with E-state index in [2.05, 4.69) is 17.1 Å². The zero-order valence-electron chi connectivity index (χ0n) is 11.6. The van der Waals surface area contributed by atoms with Crippen LogP contribution in [0.25, 0.3) is 11.0 Å². The number of fused-ring (bicyclic) bond motifs is 1. The molecule has 1 aromatic heterocycles. The van der Waals surface area contributed by atoms with E-state index in [1.165, 1.54) is 5.56 Å². The second-order valence-corrected chi connectivity index (χ2v) is 5.04. The monoisotopic (exact) mass is 280 g/mol. The number of hydrogen-bond donors (Lipinski definition) is 1. The molecule has 0 saturated heterocycles. The van der Waals surface area contributed by atoms with E-state index in [4.69, 9.17) is 5.11 Å². The SMILES string of the molecule is O=C(O)c1ccc2ncn(CCCc3ccccc3)c2c1. The molecule has 3 rings (SSSR count). The van der Waals surface area contributed by atoms with Crippen molar-refractivity contribution in [1.29, 1.82) is 0 Å². The van der Waals surface area contributed by atoms with Crippen LogP contribution in [-0.2, 0) is 13.0 Å². The van der Waals surface area contributed by atoms with E-state index in [0.29, 0.717) is 5.56 Å². The maximum absolute atomic E-state index is 11.0. The standard InChI is InChI=1S/C17H16N2O2/c20-17(21)14-8-9-15-16(11-14)19(12-18-15)10-4-7-13-5-2-1-3-6-13/h1-3,5-6,8-9,11-12H,4,7,10H2,(H,20,21). The average molecular weight is 280 g/mol. The van der Waals surface area contributed by atoms with Gasteiger partial charge in [-0.3, -0.25) is 0 Å². The molecule has 0 amide bonds. The summed E-state index contributed by atoms with van der Waals surface area (Å²) >= 11 is 0. The molecule has 0 saturated carbocycles. The second-order valence-electron chi connectivity index (χ2n) is 5.04. The van der Waals surface area contributed by atoms with Crippen LogP contribution in [0.4, 0.5) is 0 Å². The van der Waals surface area contributed by atoms with Crippen LogP contribution in [0.3, 0.4) is 0 Å². The summed E-state index contributed by atoms with van der Waals surface area (Å²) in [4.78, 5) is 15.4. The fraction of sp³-hybridized carbons (Fsp3) is 0.176. The average Bonchev–Trinajstić information content (AvgIpc) is 2.91. The van der Waals surface area contributed by atoms with Gasteiger partial charge < -0.3 is 9.67 Å². The molecule has 1 N–H and O–H groups in total. The molecule has 0 radical (unpaired) electrons. The Kier molecular flexibility index (Phi) is 3.69. The van der Waals surface area contributed by atoms with Crippen molar-refractivity contribution in [3.05, 3.63) is 66.0 Å². The van der Waals surface area contributed by atoms with E-state index in [9.17, 15) is 4.79 Å². The van der Waals surface area contributed by atoms with Crippen molar-refractivity contribution in [2.75, 3.05) is 0 Å². The molecular weight excluding hydrogens is 264 g/mol. The molecule has 106 valence electrons. The number of nitrogens with zero attached hydrogens (tertiary/aromatic N) is 2. The molecule has 0 spiro atoms. The second kappa shape index (κ2) is 5.79. The molecule has 0 aliphatic carbocycles. The lowest BCUT2D eigenvalue weighted by molar-refractivity contribution is 0.0697. The van der Waals surface area contributed by atoms with E-state index >= 15 is 0 Å². The summed E-state index contributed by atoms with van der Waals surface area (Å²) in [6, 6.07) is 15.4. The summed E-state index contributed by atoms with van der Waals surface area (Å²) in [5, 5.41) is 9.07. The van der Waals surface area contributed by atoms with Gasteiger partial charge in [0.15, 0.2) is 0 Å². The van der Waals surface area contributed by atoms with Gasteiger partial charge >= 0.3 is 5.97 Å². The number of carboxylic acids is 1. The molecule has 0 aliphatic rings. The van der Waals surface area contributed by atoms with Crippen molar-refractivity contribution in [3.63, 3.8) is 0 Å². The number of hydrogen-bond acceptors (Lipinski definition) is 2. The number of imidazole rings is 1. The molecule has 0 bridgehead atoms. The van der Waals surface area contributed by atoms with Crippen LogP contribution >= 0.6 is 0 Å². The highest BCUT2D eigenvalue weighted by molar-refractivity contribution is 5.92. The molecule has 0 unspecified atom stereocenters. The van der Waals surface area contributed by atoms with Crippen LogP contribution in [0.2, 0.25) is 0 Å². The summed E-state index contributed by atoms with van der Waals surface area (Å²) < 4.78 is 2.02. The molecule has 0 aliphatic heterocycles. The van der Waals surface area contributed by atoms with Gasteiger partial charge in [-0.1, -0.05) is 30.3 Å². The lowest BCUT2D eigenvalue weighted by atomic mass is 10.1. The van der Waals surface area contributed by atoms with Gasteiger partial charge in [-0.05, 0) is 36.6 Å². The zero-order valence-corrected chi connectivity index (χ0v) is 11.6. The van der Waals surface area contributed by atoms with Gasteiger partial charge in [-0.2, -0.15) is 0 Å². The number of rotatable bonds is 5. The van der Waals surface area contributed by atoms with Crippen LogP contribution in [0, 0.1) is 0 Å². The van der Waals surface area contributed by atoms with Crippen LogP contribution in [-0.4, -0.2) is 20.6 Å². The third kappa shape index (κ3) is 2.94. The third-order valence-corrected chi connectivity index (χ3v) is 3.58. The van der Waals surface area contributed by atoms with Crippen molar-refractivity contribution in [2.45, 2.75) is 19.4 Å². The highest BCUT2D eigenvalue weighted by atomic mass is 16.4. The molecule has 4 heteroatoms. The predicted molar refractivity (Wildman–Crippen MR) is 81.5 cm³/mol. The molecule has 3 aromatic rings. The minimum absolute atomic E-state index is 0.298. The van der Waals surface area contributed by atoms with Gasteiger partial charge in [0.25, 0.3) is 0 Å². The zero-order chi connectivity index (χ0) is 14.7. The lowest BCUT2D eigenvalue weighted by Gasteiger charge is -2.05. The number of aromatic nitrogens is 2. The van der Waals surface area contributed by atoms with E-state index in [0.717, 1.165) is 30.4 Å². The quantitative estimate of drug-likeness (QED) is 0.779. The van der Waals surface area contributed by atoms with E-state index < -0.39 is 5.97 Å². The van der Waals surface area contributed by atoms with Crippen molar-refractivity contribution >= 4 is 17.0 Å². The van der Waals surface area contributed by atoms with Crippen LogP contribution in [0.5, 0.6) is 0 Å². The highest BCUT2D eigenvalue weighted by Gasteiger charge is 2.07. The van der Waals surface area contributed by atoms with Gasteiger partial charge in [-0.25, -0.2) is 9.78 Å². The molecule has 21 heavy (non-hydrogen) atoms. The summed E-state index contributed by atoms with van der Waals surface area (Å²) in [7, 11) is 0. The van der Waals surface area contributed by atoms with Gasteiger partial charge in [0.05, 0.1) is 22.9 Å². The van der Waals surface area contributed by atoms with Crippen LogP contribution < -0.4 is 0 Å². The van der Waals surface area contributed by atoms with Crippen molar-refractivity contribution in [3.8, 4) is 0 Å². The fourth-order valence-corrected chi connectivity index (χ4v) is 2.47. The predicted octanol–water partition coefficient (Wildman–Crippen LogP) is 3.37. The van der Waals surface area contributed by atoms with Gasteiger partial charge in [0.1, 0.15) is 0 Å². The van der Waals surface area contributed by atoms with Crippen molar-refractivity contribution in [2.24, 2.45) is 0 Å². The minimum atomic E-state index is -0.908. The van der Waals surface area contributed by atoms with Gasteiger partial charge in [0, 0.05) is 6.54 Å². The number of aromatic carboxylic acids is 1. The smallest absolute Gasteiger partial charge is 0.335 e. The Morgan fingerprint density at radius 1 is 1.14 bits per heavy atom. The van der Waals surface area contributed by atoms with Crippen LogP contribution in [0.1, 0.15) is 22.3 Å². The molecule has 4 nitrogen and oxygen atoms in total. The number of aryl methyl sites for hydroxylation is 2. The highest BCUT2D eigenvalue weighted by Crippen LogP contribution is 2.16. The Hall–Kier alpha value is -2.62. The van der Waals surface area contributed by atoms with Crippen molar-refractivity contribution < 1.29 is 9.90 Å². The Morgan fingerprint density at radius 2 is 1.95 bits per heavy atom. The van der Waals surface area contributed by atoms with Gasteiger partial charge in [-0.15, -0.1) is 0 Å². The largest absolute Gasteiger partial charge is 0.478 e. The van der Waals surface area contributed by atoms with Gasteiger partial charge in [0.2, 0.25) is 0 Å². The Bertz CT molecular complexity index is 763. The summed E-state index contributed by atoms with van der Waals surface area (Å²) in [6.07, 6.45) is 3.77. The molecule has 1 heterocycles. The Labute approximate surface area is 122 Å². The first-order chi connectivity index (χ1) is 10.2. The summed E-state index contributed by atoms with van der Waals surface area (Å²) in [6.45, 7) is 0.828. The Balaban J connectivity index is 1.74. The number of benzene rings is 2. The summed E-state index contributed by atoms with van der Waals surface area (Å²) in [5.74, 6) is -0.908. The van der Waals surface area contributed by atoms with E-state index in [-0.39, 0.29) is 0 Å². The third-order valence-electron chi connectivity index (χ3n) is 3.58. The van der Waals surface area contributed by atoms with Crippen molar-refractivity contribution in [1.82, 2.24) is 9.55 Å². The van der Waals surface area contributed by atoms with E-state index in [1.807, 2.05) is 22.8 Å². The van der Waals surface area contributed by atoms with E-state index in [1.54, 1.807) is 24.5 Å². The molecular formula is C17H16N2O2. The maximum atomic E-state index is 11.0. The first-order valence-corrected chi connectivity index (χ1v) is 6.96. The minimum Gasteiger partial charge on any atom is -0.478 e. The lowest BCUT2D eigenvalue weighted by Crippen LogP contribution is -2.00. The molecule has 2 aromatic carbocycles. The first kappa shape index (κ1) is 13.4. The maximum Gasteiger partial charge on any atom is 0.335 e.